The lowest BCUT2D eigenvalue weighted by atomic mass is 9.97. The number of halogens is 2. The average Bonchev–Trinajstić information content (AvgIpc) is 2.50. The molecule has 0 saturated heterocycles. The SMILES string of the molecule is COc1ccc(/C(=C\CCBr)c2ccc(F)cc2)cc1. The van der Waals surface area contributed by atoms with E-state index in [-0.39, 0.29) is 5.82 Å². The Kier molecular flexibility index (Phi) is 5.36. The van der Waals surface area contributed by atoms with Crippen LogP contribution in [0.25, 0.3) is 5.57 Å². The third-order valence-electron chi connectivity index (χ3n) is 3.01. The van der Waals surface area contributed by atoms with Crippen LogP contribution in [0.2, 0.25) is 0 Å². The van der Waals surface area contributed by atoms with Gasteiger partial charge in [-0.3, -0.25) is 0 Å². The fraction of sp³-hybridized carbons (Fsp3) is 0.176. The Hall–Kier alpha value is -1.61. The van der Waals surface area contributed by atoms with E-state index in [4.69, 9.17) is 4.74 Å². The maximum absolute atomic E-state index is 13.1. The summed E-state index contributed by atoms with van der Waals surface area (Å²) in [7, 11) is 1.65. The Balaban J connectivity index is 2.38. The van der Waals surface area contributed by atoms with E-state index in [2.05, 4.69) is 22.0 Å². The first-order valence-electron chi connectivity index (χ1n) is 6.41. The van der Waals surface area contributed by atoms with Crippen LogP contribution in [-0.4, -0.2) is 12.4 Å². The van der Waals surface area contributed by atoms with Crippen molar-refractivity contribution in [3.63, 3.8) is 0 Å². The Bertz CT molecular complexity index is 573. The second-order valence-corrected chi connectivity index (χ2v) is 5.12. The highest BCUT2D eigenvalue weighted by Crippen LogP contribution is 2.26. The van der Waals surface area contributed by atoms with Crippen molar-refractivity contribution in [1.82, 2.24) is 0 Å². The highest BCUT2D eigenvalue weighted by Gasteiger charge is 2.05. The summed E-state index contributed by atoms with van der Waals surface area (Å²) in [5.41, 5.74) is 3.21. The van der Waals surface area contributed by atoms with E-state index >= 15 is 0 Å². The van der Waals surface area contributed by atoms with Crippen molar-refractivity contribution in [1.29, 1.82) is 0 Å². The summed E-state index contributed by atoms with van der Waals surface area (Å²) in [4.78, 5) is 0. The van der Waals surface area contributed by atoms with Crippen LogP contribution < -0.4 is 4.74 Å². The summed E-state index contributed by atoms with van der Waals surface area (Å²) in [6.07, 6.45) is 3.07. The van der Waals surface area contributed by atoms with Gasteiger partial charge in [0.1, 0.15) is 11.6 Å². The zero-order valence-corrected chi connectivity index (χ0v) is 12.9. The number of hydrogen-bond acceptors (Lipinski definition) is 1. The summed E-state index contributed by atoms with van der Waals surface area (Å²) >= 11 is 3.43. The highest BCUT2D eigenvalue weighted by atomic mass is 79.9. The zero-order valence-electron chi connectivity index (χ0n) is 11.3. The number of allylic oxidation sites excluding steroid dienone is 1. The fourth-order valence-electron chi connectivity index (χ4n) is 2.00. The summed E-state index contributed by atoms with van der Waals surface area (Å²) < 4.78 is 18.2. The summed E-state index contributed by atoms with van der Waals surface area (Å²) in [6.45, 7) is 0. The van der Waals surface area contributed by atoms with Gasteiger partial charge >= 0.3 is 0 Å². The average molecular weight is 335 g/mol. The molecule has 0 atom stereocenters. The molecule has 0 saturated carbocycles. The van der Waals surface area contributed by atoms with Gasteiger partial charge in [-0.15, -0.1) is 0 Å². The van der Waals surface area contributed by atoms with Crippen molar-refractivity contribution in [3.8, 4) is 5.75 Å². The smallest absolute Gasteiger partial charge is 0.123 e. The molecule has 0 fully saturated rings. The molecule has 0 aliphatic rings. The molecule has 2 aromatic rings. The van der Waals surface area contributed by atoms with Crippen LogP contribution in [-0.2, 0) is 0 Å². The topological polar surface area (TPSA) is 9.23 Å². The molecule has 0 aliphatic carbocycles. The minimum absolute atomic E-state index is 0.219. The van der Waals surface area contributed by atoms with E-state index in [1.165, 1.54) is 12.1 Å². The molecule has 0 spiro atoms. The largest absolute Gasteiger partial charge is 0.497 e. The lowest BCUT2D eigenvalue weighted by molar-refractivity contribution is 0.415. The van der Waals surface area contributed by atoms with Gasteiger partial charge in [0.25, 0.3) is 0 Å². The van der Waals surface area contributed by atoms with Gasteiger partial charge in [0.15, 0.2) is 0 Å². The van der Waals surface area contributed by atoms with Crippen LogP contribution in [0.3, 0.4) is 0 Å². The minimum Gasteiger partial charge on any atom is -0.497 e. The number of rotatable bonds is 5. The van der Waals surface area contributed by atoms with E-state index in [0.29, 0.717) is 0 Å². The number of ether oxygens (including phenoxy) is 1. The third kappa shape index (κ3) is 3.70. The first kappa shape index (κ1) is 14.8. The van der Waals surface area contributed by atoms with Gasteiger partial charge in [-0.1, -0.05) is 46.3 Å². The lowest BCUT2D eigenvalue weighted by Crippen LogP contribution is -1.90. The van der Waals surface area contributed by atoms with Gasteiger partial charge in [0, 0.05) is 5.33 Å². The van der Waals surface area contributed by atoms with Crippen LogP contribution in [0, 0.1) is 5.82 Å². The standard InChI is InChI=1S/C17H16BrFO/c1-20-16-10-6-14(7-11-16)17(3-2-12-18)13-4-8-15(19)9-5-13/h3-11H,2,12H2,1H3/b17-3-. The first-order valence-corrected chi connectivity index (χ1v) is 7.53. The van der Waals surface area contributed by atoms with Crippen molar-refractivity contribution >= 4 is 21.5 Å². The molecule has 0 amide bonds. The summed E-state index contributed by atoms with van der Waals surface area (Å²) in [5.74, 6) is 0.607. The van der Waals surface area contributed by atoms with Gasteiger partial charge in [0.05, 0.1) is 7.11 Å². The highest BCUT2D eigenvalue weighted by molar-refractivity contribution is 9.09. The molecule has 0 N–H and O–H groups in total. The number of hydrogen-bond donors (Lipinski definition) is 0. The molecule has 104 valence electrons. The van der Waals surface area contributed by atoms with E-state index in [1.807, 2.05) is 24.3 Å². The molecule has 0 radical (unpaired) electrons. The minimum atomic E-state index is -0.219. The Labute approximate surface area is 127 Å². The molecule has 0 aliphatic heterocycles. The molecule has 3 heteroatoms. The zero-order chi connectivity index (χ0) is 14.4. The Morgan fingerprint density at radius 1 is 1.05 bits per heavy atom. The first-order chi connectivity index (χ1) is 9.74. The molecule has 20 heavy (non-hydrogen) atoms. The molecule has 0 unspecified atom stereocenters. The number of alkyl halides is 1. The molecule has 2 rings (SSSR count). The Morgan fingerprint density at radius 2 is 1.60 bits per heavy atom. The molecular formula is C17H16BrFO. The predicted octanol–water partition coefficient (Wildman–Crippen LogP) is 5.05. The van der Waals surface area contributed by atoms with Crippen LogP contribution in [0.4, 0.5) is 4.39 Å². The second-order valence-electron chi connectivity index (χ2n) is 4.33. The molecule has 0 aromatic heterocycles. The van der Waals surface area contributed by atoms with Gasteiger partial charge in [-0.25, -0.2) is 4.39 Å². The quantitative estimate of drug-likeness (QED) is 0.695. The maximum atomic E-state index is 13.1. The molecule has 0 bridgehead atoms. The predicted molar refractivity (Wildman–Crippen MR) is 84.9 cm³/mol. The van der Waals surface area contributed by atoms with Crippen LogP contribution in [0.1, 0.15) is 17.5 Å². The van der Waals surface area contributed by atoms with Crippen LogP contribution in [0.5, 0.6) is 5.75 Å². The van der Waals surface area contributed by atoms with E-state index < -0.39 is 0 Å². The van der Waals surface area contributed by atoms with Crippen molar-refractivity contribution in [2.75, 3.05) is 12.4 Å². The lowest BCUT2D eigenvalue weighted by Gasteiger charge is -2.09. The summed E-state index contributed by atoms with van der Waals surface area (Å²) in [5, 5.41) is 0.897. The molecule has 0 heterocycles. The molecule has 2 aromatic carbocycles. The number of methoxy groups -OCH3 is 1. The number of benzene rings is 2. The van der Waals surface area contributed by atoms with Gasteiger partial charge in [-0.05, 0) is 47.4 Å². The normalized spacial score (nSPS) is 11.4. The van der Waals surface area contributed by atoms with Gasteiger partial charge in [-0.2, -0.15) is 0 Å². The van der Waals surface area contributed by atoms with Gasteiger partial charge in [0.2, 0.25) is 0 Å². The second kappa shape index (κ2) is 7.25. The molecular weight excluding hydrogens is 319 g/mol. The van der Waals surface area contributed by atoms with Crippen molar-refractivity contribution in [3.05, 3.63) is 71.6 Å². The van der Waals surface area contributed by atoms with Crippen molar-refractivity contribution in [2.24, 2.45) is 0 Å². The van der Waals surface area contributed by atoms with Crippen molar-refractivity contribution < 1.29 is 9.13 Å². The maximum Gasteiger partial charge on any atom is 0.123 e. The fourth-order valence-corrected chi connectivity index (χ4v) is 2.23. The van der Waals surface area contributed by atoms with E-state index in [1.54, 1.807) is 19.2 Å². The monoisotopic (exact) mass is 334 g/mol. The third-order valence-corrected chi connectivity index (χ3v) is 3.47. The van der Waals surface area contributed by atoms with Gasteiger partial charge < -0.3 is 4.74 Å². The summed E-state index contributed by atoms with van der Waals surface area (Å²) in [6, 6.07) is 14.5. The van der Waals surface area contributed by atoms with Crippen LogP contribution >= 0.6 is 15.9 Å². The van der Waals surface area contributed by atoms with E-state index in [9.17, 15) is 4.39 Å². The van der Waals surface area contributed by atoms with Crippen LogP contribution in [0.15, 0.2) is 54.6 Å². The molecule has 1 nitrogen and oxygen atoms in total. The van der Waals surface area contributed by atoms with E-state index in [0.717, 1.165) is 34.2 Å². The van der Waals surface area contributed by atoms with Crippen molar-refractivity contribution in [2.45, 2.75) is 6.42 Å². The Morgan fingerprint density at radius 3 is 2.10 bits per heavy atom.